The van der Waals surface area contributed by atoms with Crippen LogP contribution in [0.4, 0.5) is 0 Å². The van der Waals surface area contributed by atoms with Gasteiger partial charge in [0.2, 0.25) is 0 Å². The summed E-state index contributed by atoms with van der Waals surface area (Å²) in [6, 6.07) is 8.76. The van der Waals surface area contributed by atoms with Crippen LogP contribution in [0.1, 0.15) is 30.0 Å². The van der Waals surface area contributed by atoms with Gasteiger partial charge in [-0.1, -0.05) is 24.3 Å². The molecule has 1 aliphatic heterocycles. The van der Waals surface area contributed by atoms with Crippen LogP contribution in [0.5, 0.6) is 0 Å². The summed E-state index contributed by atoms with van der Waals surface area (Å²) in [5, 5.41) is 3.46. The normalized spacial score (nSPS) is 18.6. The fourth-order valence-electron chi connectivity index (χ4n) is 2.04. The van der Waals surface area contributed by atoms with Crippen LogP contribution in [0.2, 0.25) is 0 Å². The number of benzene rings is 1. The number of hydrogen-bond donors (Lipinski definition) is 1. The van der Waals surface area contributed by atoms with Crippen molar-refractivity contribution in [1.29, 1.82) is 0 Å². The van der Waals surface area contributed by atoms with Gasteiger partial charge in [-0.05, 0) is 36.6 Å². The Hall–Kier alpha value is -1.32. The van der Waals surface area contributed by atoms with Gasteiger partial charge in [-0.3, -0.25) is 0 Å². The lowest BCUT2D eigenvalue weighted by Gasteiger charge is -2.10. The highest BCUT2D eigenvalue weighted by molar-refractivity contribution is 5.86. The molecule has 0 aromatic heterocycles. The van der Waals surface area contributed by atoms with Crippen molar-refractivity contribution in [2.45, 2.75) is 18.9 Å². The largest absolute Gasteiger partial charge is 0.466 e. The Labute approximate surface area is 114 Å². The average Bonchev–Trinajstić information content (AvgIpc) is 2.90. The summed E-state index contributed by atoms with van der Waals surface area (Å²) >= 11 is 0. The molecule has 1 N–H and O–H groups in total. The molecule has 1 aromatic rings. The molecule has 98 valence electrons. The number of esters is 1. The second-order valence-electron chi connectivity index (χ2n) is 4.17. The molecule has 0 bridgehead atoms. The predicted molar refractivity (Wildman–Crippen MR) is 74.7 cm³/mol. The first-order valence-corrected chi connectivity index (χ1v) is 5.89. The third-order valence-electron chi connectivity index (χ3n) is 3.01. The van der Waals surface area contributed by atoms with Crippen molar-refractivity contribution in [3.05, 3.63) is 41.5 Å². The van der Waals surface area contributed by atoms with E-state index >= 15 is 0 Å². The summed E-state index contributed by atoms with van der Waals surface area (Å²) in [7, 11) is 1.38. The fraction of sp³-hybridized carbons (Fsp3) is 0.357. The van der Waals surface area contributed by atoms with Crippen LogP contribution in [0.15, 0.2) is 30.3 Å². The van der Waals surface area contributed by atoms with Gasteiger partial charge in [0.15, 0.2) is 0 Å². The minimum Gasteiger partial charge on any atom is -0.466 e. The molecule has 1 aliphatic rings. The molecule has 4 heteroatoms. The molecule has 3 nitrogen and oxygen atoms in total. The maximum Gasteiger partial charge on any atom is 0.330 e. The van der Waals surface area contributed by atoms with Gasteiger partial charge in [0.1, 0.15) is 0 Å². The molecule has 1 aromatic carbocycles. The molecule has 1 fully saturated rings. The summed E-state index contributed by atoms with van der Waals surface area (Å²) in [5.74, 6) is -0.327. The summed E-state index contributed by atoms with van der Waals surface area (Å²) in [5.41, 5.74) is 2.33. The van der Waals surface area contributed by atoms with Gasteiger partial charge in [0, 0.05) is 12.1 Å². The number of halogens is 1. The first kappa shape index (κ1) is 14.7. The number of carbonyl (C=O) groups excluding carboxylic acids is 1. The van der Waals surface area contributed by atoms with Gasteiger partial charge in [0.05, 0.1) is 7.11 Å². The molecular weight excluding hydrogens is 250 g/mol. The maximum absolute atomic E-state index is 10.9. The first-order chi connectivity index (χ1) is 8.29. The van der Waals surface area contributed by atoms with Crippen LogP contribution in [0.25, 0.3) is 6.08 Å². The lowest BCUT2D eigenvalue weighted by Crippen LogP contribution is -2.12. The van der Waals surface area contributed by atoms with Gasteiger partial charge in [-0.15, -0.1) is 12.4 Å². The predicted octanol–water partition coefficient (Wildman–Crippen LogP) is 2.72. The molecule has 0 spiro atoms. The van der Waals surface area contributed by atoms with Gasteiger partial charge >= 0.3 is 5.97 Å². The molecular formula is C14H18ClNO2. The monoisotopic (exact) mass is 267 g/mol. The zero-order valence-corrected chi connectivity index (χ0v) is 11.2. The van der Waals surface area contributed by atoms with Crippen molar-refractivity contribution >= 4 is 24.5 Å². The van der Waals surface area contributed by atoms with Crippen LogP contribution >= 0.6 is 12.4 Å². The quantitative estimate of drug-likeness (QED) is 0.676. The molecule has 1 atom stereocenters. The lowest BCUT2D eigenvalue weighted by molar-refractivity contribution is -0.134. The maximum atomic E-state index is 10.9. The molecule has 1 saturated heterocycles. The smallest absolute Gasteiger partial charge is 0.330 e. The van der Waals surface area contributed by atoms with E-state index in [2.05, 4.69) is 22.2 Å². The van der Waals surface area contributed by atoms with E-state index in [1.807, 2.05) is 12.1 Å². The highest BCUT2D eigenvalue weighted by Gasteiger charge is 2.15. The van der Waals surface area contributed by atoms with Crippen molar-refractivity contribution in [1.82, 2.24) is 5.32 Å². The van der Waals surface area contributed by atoms with Crippen LogP contribution in [0, 0.1) is 0 Å². The molecule has 0 saturated carbocycles. The van der Waals surface area contributed by atoms with E-state index in [4.69, 9.17) is 0 Å². The van der Waals surface area contributed by atoms with E-state index in [9.17, 15) is 4.79 Å². The second-order valence-corrected chi connectivity index (χ2v) is 4.17. The molecule has 2 rings (SSSR count). The Morgan fingerprint density at radius 3 is 2.67 bits per heavy atom. The van der Waals surface area contributed by atoms with Gasteiger partial charge < -0.3 is 10.1 Å². The molecule has 18 heavy (non-hydrogen) atoms. The van der Waals surface area contributed by atoms with Crippen molar-refractivity contribution < 1.29 is 9.53 Å². The molecule has 0 amide bonds. The van der Waals surface area contributed by atoms with Crippen molar-refractivity contribution in [3.8, 4) is 0 Å². The minimum absolute atomic E-state index is 0. The van der Waals surface area contributed by atoms with Gasteiger partial charge in [0.25, 0.3) is 0 Å². The number of nitrogens with one attached hydrogen (secondary N) is 1. The lowest BCUT2D eigenvalue weighted by atomic mass is 10.0. The minimum atomic E-state index is -0.327. The third kappa shape index (κ3) is 3.86. The Balaban J connectivity index is 0.00000162. The van der Waals surface area contributed by atoms with Crippen molar-refractivity contribution in [2.75, 3.05) is 13.7 Å². The van der Waals surface area contributed by atoms with E-state index < -0.39 is 0 Å². The van der Waals surface area contributed by atoms with Crippen molar-refractivity contribution in [3.63, 3.8) is 0 Å². The second kappa shape index (κ2) is 7.19. The van der Waals surface area contributed by atoms with Crippen LogP contribution < -0.4 is 5.32 Å². The summed E-state index contributed by atoms with van der Waals surface area (Å²) in [6.45, 7) is 1.11. The van der Waals surface area contributed by atoms with Gasteiger partial charge in [-0.2, -0.15) is 0 Å². The van der Waals surface area contributed by atoms with E-state index in [0.717, 1.165) is 12.1 Å². The SMILES string of the molecule is COC(=O)/C=C/c1ccc([C@H]2CCCN2)cc1.Cl. The van der Waals surface area contributed by atoms with Crippen LogP contribution in [-0.4, -0.2) is 19.6 Å². The Bertz CT molecular complexity index is 408. The standard InChI is InChI=1S/C14H17NO2.ClH/c1-17-14(16)9-6-11-4-7-12(8-5-11)13-3-2-10-15-13;/h4-9,13,15H,2-3,10H2,1H3;1H/b9-6+;/t13-;/m1./s1. The zero-order chi connectivity index (χ0) is 12.1. The Morgan fingerprint density at radius 2 is 2.11 bits per heavy atom. The summed E-state index contributed by atoms with van der Waals surface area (Å²) in [6.07, 6.45) is 5.65. The Kier molecular flexibility index (Phi) is 5.89. The van der Waals surface area contributed by atoms with Crippen molar-refractivity contribution in [2.24, 2.45) is 0 Å². The van der Waals surface area contributed by atoms with E-state index in [1.165, 1.54) is 31.6 Å². The van der Waals surface area contributed by atoms with Crippen LogP contribution in [0.3, 0.4) is 0 Å². The third-order valence-corrected chi connectivity index (χ3v) is 3.01. The van der Waals surface area contributed by atoms with E-state index in [1.54, 1.807) is 6.08 Å². The number of carbonyl (C=O) groups is 1. The number of rotatable bonds is 3. The number of methoxy groups -OCH3 is 1. The molecule has 0 unspecified atom stereocenters. The van der Waals surface area contributed by atoms with Gasteiger partial charge in [-0.25, -0.2) is 4.79 Å². The Morgan fingerprint density at radius 1 is 1.39 bits per heavy atom. The molecule has 0 radical (unpaired) electrons. The number of hydrogen-bond acceptors (Lipinski definition) is 3. The highest BCUT2D eigenvalue weighted by Crippen LogP contribution is 2.23. The summed E-state index contributed by atoms with van der Waals surface area (Å²) < 4.78 is 4.54. The molecule has 0 aliphatic carbocycles. The highest BCUT2D eigenvalue weighted by atomic mass is 35.5. The fourth-order valence-corrected chi connectivity index (χ4v) is 2.04. The topological polar surface area (TPSA) is 38.3 Å². The van der Waals surface area contributed by atoms with Crippen LogP contribution in [-0.2, 0) is 9.53 Å². The van der Waals surface area contributed by atoms with E-state index in [0.29, 0.717) is 6.04 Å². The molecule has 1 heterocycles. The summed E-state index contributed by atoms with van der Waals surface area (Å²) in [4.78, 5) is 10.9. The number of ether oxygens (including phenoxy) is 1. The van der Waals surface area contributed by atoms with E-state index in [-0.39, 0.29) is 18.4 Å². The first-order valence-electron chi connectivity index (χ1n) is 5.89. The average molecular weight is 268 g/mol. The zero-order valence-electron chi connectivity index (χ0n) is 10.4.